The SMILES string of the molecule is COc1ccc(-c2nc(C(=O)N3CCC(CNC(C)=O)CC3)cs2)cc1. The minimum absolute atomic E-state index is 0.00274. The number of benzene rings is 1. The molecule has 0 atom stereocenters. The highest BCUT2D eigenvalue weighted by Crippen LogP contribution is 2.27. The number of ether oxygens (including phenoxy) is 1. The van der Waals surface area contributed by atoms with Crippen LogP contribution in [0.1, 0.15) is 30.3 Å². The molecule has 26 heavy (non-hydrogen) atoms. The van der Waals surface area contributed by atoms with E-state index in [0.717, 1.165) is 29.2 Å². The van der Waals surface area contributed by atoms with Gasteiger partial charge in [-0.2, -0.15) is 0 Å². The minimum Gasteiger partial charge on any atom is -0.497 e. The first-order valence-corrected chi connectivity index (χ1v) is 9.58. The van der Waals surface area contributed by atoms with Crippen LogP contribution in [0.15, 0.2) is 29.6 Å². The number of likely N-dealkylation sites (tertiary alicyclic amines) is 1. The summed E-state index contributed by atoms with van der Waals surface area (Å²) in [4.78, 5) is 30.1. The van der Waals surface area contributed by atoms with Crippen molar-refractivity contribution in [2.75, 3.05) is 26.7 Å². The molecule has 1 aliphatic rings. The third kappa shape index (κ3) is 4.40. The van der Waals surface area contributed by atoms with Gasteiger partial charge in [-0.1, -0.05) is 0 Å². The van der Waals surface area contributed by atoms with Gasteiger partial charge in [0.05, 0.1) is 7.11 Å². The van der Waals surface area contributed by atoms with E-state index in [2.05, 4.69) is 10.3 Å². The summed E-state index contributed by atoms with van der Waals surface area (Å²) >= 11 is 1.47. The largest absolute Gasteiger partial charge is 0.497 e. The van der Waals surface area contributed by atoms with E-state index in [-0.39, 0.29) is 11.8 Å². The maximum absolute atomic E-state index is 12.7. The molecule has 0 unspecified atom stereocenters. The Morgan fingerprint density at radius 2 is 1.96 bits per heavy atom. The molecule has 1 fully saturated rings. The van der Waals surface area contributed by atoms with Gasteiger partial charge in [0.2, 0.25) is 5.91 Å². The zero-order chi connectivity index (χ0) is 18.5. The Morgan fingerprint density at radius 1 is 1.27 bits per heavy atom. The monoisotopic (exact) mass is 373 g/mol. The van der Waals surface area contributed by atoms with Crippen molar-refractivity contribution >= 4 is 23.2 Å². The highest BCUT2D eigenvalue weighted by molar-refractivity contribution is 7.13. The Balaban J connectivity index is 1.59. The van der Waals surface area contributed by atoms with Crippen molar-refractivity contribution in [1.82, 2.24) is 15.2 Å². The maximum atomic E-state index is 12.7. The molecule has 0 radical (unpaired) electrons. The van der Waals surface area contributed by atoms with E-state index in [1.807, 2.05) is 34.5 Å². The Morgan fingerprint density at radius 3 is 2.58 bits per heavy atom. The van der Waals surface area contributed by atoms with Crippen LogP contribution in [-0.4, -0.2) is 48.4 Å². The molecule has 2 amide bonds. The molecular formula is C19H23N3O3S. The summed E-state index contributed by atoms with van der Waals surface area (Å²) in [5.41, 5.74) is 1.48. The lowest BCUT2D eigenvalue weighted by Crippen LogP contribution is -2.41. The second-order valence-corrected chi connectivity index (χ2v) is 7.30. The molecule has 3 rings (SSSR count). The number of thiazole rings is 1. The Hall–Kier alpha value is -2.41. The summed E-state index contributed by atoms with van der Waals surface area (Å²) in [5, 5.41) is 5.51. The fourth-order valence-electron chi connectivity index (χ4n) is 3.03. The van der Waals surface area contributed by atoms with Gasteiger partial charge in [0.1, 0.15) is 16.5 Å². The number of aromatic nitrogens is 1. The summed E-state index contributed by atoms with van der Waals surface area (Å²) in [5.74, 6) is 1.22. The molecule has 6 nitrogen and oxygen atoms in total. The molecule has 1 aliphatic heterocycles. The van der Waals surface area contributed by atoms with E-state index in [1.54, 1.807) is 7.11 Å². The molecule has 1 N–H and O–H groups in total. The lowest BCUT2D eigenvalue weighted by Gasteiger charge is -2.31. The molecule has 2 aromatic rings. The normalized spacial score (nSPS) is 14.9. The second-order valence-electron chi connectivity index (χ2n) is 6.44. The number of piperidine rings is 1. The van der Waals surface area contributed by atoms with E-state index in [0.29, 0.717) is 31.2 Å². The lowest BCUT2D eigenvalue weighted by molar-refractivity contribution is -0.119. The van der Waals surface area contributed by atoms with Crippen LogP contribution in [0.3, 0.4) is 0 Å². The van der Waals surface area contributed by atoms with Crippen molar-refractivity contribution < 1.29 is 14.3 Å². The zero-order valence-corrected chi connectivity index (χ0v) is 15.8. The van der Waals surface area contributed by atoms with Crippen molar-refractivity contribution in [2.45, 2.75) is 19.8 Å². The third-order valence-corrected chi connectivity index (χ3v) is 5.49. The minimum atomic E-state index is -0.0148. The van der Waals surface area contributed by atoms with Crippen LogP contribution in [0.25, 0.3) is 10.6 Å². The molecule has 1 aromatic heterocycles. The Kier molecular flexibility index (Phi) is 5.88. The van der Waals surface area contributed by atoms with Gasteiger partial charge in [0.25, 0.3) is 5.91 Å². The molecule has 138 valence electrons. The Bertz CT molecular complexity index is 765. The molecule has 7 heteroatoms. The number of nitrogens with one attached hydrogen (secondary N) is 1. The predicted octanol–water partition coefficient (Wildman–Crippen LogP) is 2.81. The zero-order valence-electron chi connectivity index (χ0n) is 15.0. The second kappa shape index (κ2) is 8.31. The Labute approximate surface area is 157 Å². The van der Waals surface area contributed by atoms with Gasteiger partial charge < -0.3 is 15.0 Å². The van der Waals surface area contributed by atoms with Crippen molar-refractivity contribution in [1.29, 1.82) is 0 Å². The lowest BCUT2D eigenvalue weighted by atomic mass is 9.96. The highest BCUT2D eigenvalue weighted by atomic mass is 32.1. The first-order valence-electron chi connectivity index (χ1n) is 8.70. The molecule has 2 heterocycles. The van der Waals surface area contributed by atoms with Gasteiger partial charge in [0, 0.05) is 37.5 Å². The van der Waals surface area contributed by atoms with Crippen LogP contribution in [0.4, 0.5) is 0 Å². The van der Waals surface area contributed by atoms with Gasteiger partial charge in [0.15, 0.2) is 0 Å². The van der Waals surface area contributed by atoms with Crippen molar-refractivity contribution in [3.63, 3.8) is 0 Å². The quantitative estimate of drug-likeness (QED) is 0.875. The molecule has 1 aromatic carbocycles. The summed E-state index contributed by atoms with van der Waals surface area (Å²) in [6, 6.07) is 7.66. The van der Waals surface area contributed by atoms with E-state index < -0.39 is 0 Å². The van der Waals surface area contributed by atoms with E-state index in [4.69, 9.17) is 4.74 Å². The summed E-state index contributed by atoms with van der Waals surface area (Å²) in [7, 11) is 1.63. The molecule has 0 aliphatic carbocycles. The number of hydrogen-bond acceptors (Lipinski definition) is 5. The molecule has 0 saturated carbocycles. The maximum Gasteiger partial charge on any atom is 0.273 e. The first kappa shape index (κ1) is 18.4. The topological polar surface area (TPSA) is 71.5 Å². The molecule has 1 saturated heterocycles. The van der Waals surface area contributed by atoms with Crippen molar-refractivity contribution in [3.8, 4) is 16.3 Å². The molecule has 0 spiro atoms. The van der Waals surface area contributed by atoms with E-state index in [9.17, 15) is 9.59 Å². The summed E-state index contributed by atoms with van der Waals surface area (Å²) in [6.07, 6.45) is 1.81. The van der Waals surface area contributed by atoms with Gasteiger partial charge in [-0.3, -0.25) is 9.59 Å². The number of rotatable bonds is 5. The smallest absolute Gasteiger partial charge is 0.273 e. The fourth-order valence-corrected chi connectivity index (χ4v) is 3.83. The average molecular weight is 373 g/mol. The van der Waals surface area contributed by atoms with E-state index >= 15 is 0 Å². The van der Waals surface area contributed by atoms with Crippen LogP contribution < -0.4 is 10.1 Å². The number of carbonyl (C=O) groups excluding carboxylic acids is 2. The van der Waals surface area contributed by atoms with Crippen LogP contribution in [0, 0.1) is 5.92 Å². The summed E-state index contributed by atoms with van der Waals surface area (Å²) < 4.78 is 5.17. The van der Waals surface area contributed by atoms with Crippen LogP contribution in [0.5, 0.6) is 5.75 Å². The highest BCUT2D eigenvalue weighted by Gasteiger charge is 2.25. The van der Waals surface area contributed by atoms with Gasteiger partial charge >= 0.3 is 0 Å². The van der Waals surface area contributed by atoms with Crippen LogP contribution >= 0.6 is 11.3 Å². The summed E-state index contributed by atoms with van der Waals surface area (Å²) in [6.45, 7) is 3.63. The van der Waals surface area contributed by atoms with E-state index in [1.165, 1.54) is 18.3 Å². The first-order chi connectivity index (χ1) is 12.6. The van der Waals surface area contributed by atoms with Gasteiger partial charge in [-0.15, -0.1) is 11.3 Å². The molecule has 0 bridgehead atoms. The standard InChI is InChI=1S/C19H23N3O3S/c1-13(23)20-11-14-7-9-22(10-8-14)19(24)17-12-26-18(21-17)15-3-5-16(25-2)6-4-15/h3-6,12,14H,7-11H2,1-2H3,(H,20,23). The molecular weight excluding hydrogens is 350 g/mol. The van der Waals surface area contributed by atoms with Crippen LogP contribution in [-0.2, 0) is 4.79 Å². The van der Waals surface area contributed by atoms with Crippen LogP contribution in [0.2, 0.25) is 0 Å². The fraction of sp³-hybridized carbons (Fsp3) is 0.421. The number of nitrogens with zero attached hydrogens (tertiary/aromatic N) is 2. The number of amides is 2. The average Bonchev–Trinajstić information content (AvgIpc) is 3.16. The van der Waals surface area contributed by atoms with Crippen molar-refractivity contribution in [3.05, 3.63) is 35.3 Å². The number of carbonyl (C=O) groups is 2. The third-order valence-electron chi connectivity index (χ3n) is 4.60. The number of hydrogen-bond donors (Lipinski definition) is 1. The van der Waals surface area contributed by atoms with Gasteiger partial charge in [-0.25, -0.2) is 4.98 Å². The predicted molar refractivity (Wildman–Crippen MR) is 101 cm³/mol. The van der Waals surface area contributed by atoms with Crippen molar-refractivity contribution in [2.24, 2.45) is 5.92 Å². The number of methoxy groups -OCH3 is 1. The van der Waals surface area contributed by atoms with Gasteiger partial charge in [-0.05, 0) is 43.0 Å².